The summed E-state index contributed by atoms with van der Waals surface area (Å²) in [5.41, 5.74) is -0.114. The van der Waals surface area contributed by atoms with Crippen LogP contribution in [0.3, 0.4) is 0 Å². The summed E-state index contributed by atoms with van der Waals surface area (Å²) in [4.78, 5) is 13.4. The van der Waals surface area contributed by atoms with Crippen LogP contribution in [0, 0.1) is 65.1 Å². The molecule has 6 saturated carbocycles. The van der Waals surface area contributed by atoms with Gasteiger partial charge in [-0.3, -0.25) is 4.79 Å². The molecule has 0 spiro atoms. The summed E-state index contributed by atoms with van der Waals surface area (Å²) >= 11 is 0. The lowest BCUT2D eigenvalue weighted by atomic mass is 9.67. The summed E-state index contributed by atoms with van der Waals surface area (Å²) in [7, 11) is 0. The van der Waals surface area contributed by atoms with Crippen molar-refractivity contribution in [2.75, 3.05) is 0 Å². The SMILES string of the molecule is CC(C)CCC1C2CC(C(=O)OC3(C)C4CC5CC4CC53)C(C2)C1C(C)C. The Labute approximate surface area is 166 Å². The molecule has 152 valence electrons. The first kappa shape index (κ1) is 18.5. The normalized spacial score (nSPS) is 52.0. The van der Waals surface area contributed by atoms with Gasteiger partial charge in [0.05, 0.1) is 5.92 Å². The molecule has 9 unspecified atom stereocenters. The minimum atomic E-state index is -0.114. The average molecular weight is 373 g/mol. The van der Waals surface area contributed by atoms with E-state index in [0.717, 1.165) is 41.9 Å². The van der Waals surface area contributed by atoms with Crippen molar-refractivity contribution in [2.45, 2.75) is 85.2 Å². The monoisotopic (exact) mass is 372 g/mol. The number of esters is 1. The lowest BCUT2D eigenvalue weighted by molar-refractivity contribution is -0.174. The van der Waals surface area contributed by atoms with Crippen molar-refractivity contribution in [1.82, 2.24) is 0 Å². The zero-order chi connectivity index (χ0) is 19.1. The first-order chi connectivity index (χ1) is 12.8. The van der Waals surface area contributed by atoms with Crippen LogP contribution in [0.2, 0.25) is 0 Å². The highest BCUT2D eigenvalue weighted by Crippen LogP contribution is 2.69. The lowest BCUT2D eigenvalue weighted by Crippen LogP contribution is -2.44. The minimum Gasteiger partial charge on any atom is -0.459 e. The summed E-state index contributed by atoms with van der Waals surface area (Å²) in [5.74, 6) is 7.92. The van der Waals surface area contributed by atoms with Crippen LogP contribution in [0.25, 0.3) is 0 Å². The molecule has 6 aliphatic carbocycles. The van der Waals surface area contributed by atoms with Gasteiger partial charge in [0.15, 0.2) is 0 Å². The molecule has 0 aromatic carbocycles. The maximum atomic E-state index is 13.4. The first-order valence-electron chi connectivity index (χ1n) is 12.0. The van der Waals surface area contributed by atoms with E-state index in [2.05, 4.69) is 34.6 Å². The zero-order valence-corrected chi connectivity index (χ0v) is 18.1. The topological polar surface area (TPSA) is 26.3 Å². The van der Waals surface area contributed by atoms with Crippen LogP contribution in [-0.4, -0.2) is 11.6 Å². The highest BCUT2D eigenvalue weighted by molar-refractivity contribution is 5.74. The second kappa shape index (κ2) is 6.23. The van der Waals surface area contributed by atoms with E-state index in [1.807, 2.05) is 0 Å². The van der Waals surface area contributed by atoms with Gasteiger partial charge >= 0.3 is 5.97 Å². The fourth-order valence-corrected chi connectivity index (χ4v) is 9.13. The van der Waals surface area contributed by atoms with E-state index in [1.54, 1.807) is 0 Å². The van der Waals surface area contributed by atoms with E-state index >= 15 is 0 Å². The number of carbonyl (C=O) groups excluding carboxylic acids is 1. The van der Waals surface area contributed by atoms with Crippen LogP contribution in [-0.2, 0) is 9.53 Å². The molecule has 0 radical (unpaired) electrons. The van der Waals surface area contributed by atoms with E-state index < -0.39 is 0 Å². The van der Waals surface area contributed by atoms with Gasteiger partial charge in [0.25, 0.3) is 0 Å². The Hall–Kier alpha value is -0.530. The van der Waals surface area contributed by atoms with Crippen LogP contribution < -0.4 is 0 Å². The highest BCUT2D eigenvalue weighted by atomic mass is 16.6. The number of ether oxygens (including phenoxy) is 1. The molecular weight excluding hydrogens is 332 g/mol. The molecule has 2 heteroatoms. The predicted octanol–water partition coefficient (Wildman–Crippen LogP) is 5.94. The second-order valence-corrected chi connectivity index (χ2v) is 12.0. The molecule has 0 aromatic heterocycles. The van der Waals surface area contributed by atoms with E-state index in [0.29, 0.717) is 23.7 Å². The summed E-state index contributed by atoms with van der Waals surface area (Å²) in [6.45, 7) is 11.8. The fraction of sp³-hybridized carbons (Fsp3) is 0.960. The standard InChI is InChI=1S/C25H40O2/c1-13(2)6-7-18-15-9-19(23(18)14(3)4)20(10-15)24(26)27-25(5)21-11-16-8-17(21)12-22(16)25/h13-23H,6-12H2,1-5H3. The maximum absolute atomic E-state index is 13.4. The van der Waals surface area contributed by atoms with Crippen molar-refractivity contribution in [3.05, 3.63) is 0 Å². The van der Waals surface area contributed by atoms with Crippen molar-refractivity contribution in [3.63, 3.8) is 0 Å². The van der Waals surface area contributed by atoms with Crippen LogP contribution in [0.1, 0.15) is 79.6 Å². The largest absolute Gasteiger partial charge is 0.459 e. The van der Waals surface area contributed by atoms with Crippen LogP contribution >= 0.6 is 0 Å². The van der Waals surface area contributed by atoms with E-state index in [1.165, 1.54) is 38.5 Å². The Morgan fingerprint density at radius 1 is 0.963 bits per heavy atom. The lowest BCUT2D eigenvalue weighted by Gasteiger charge is -2.40. The molecule has 0 amide bonds. The van der Waals surface area contributed by atoms with Crippen molar-refractivity contribution in [1.29, 1.82) is 0 Å². The number of hydrogen-bond acceptors (Lipinski definition) is 2. The summed E-state index contributed by atoms with van der Waals surface area (Å²) in [5, 5.41) is 0. The van der Waals surface area contributed by atoms with Gasteiger partial charge in [-0.05, 0) is 92.8 Å². The van der Waals surface area contributed by atoms with Crippen molar-refractivity contribution in [2.24, 2.45) is 65.1 Å². The third kappa shape index (κ3) is 2.60. The van der Waals surface area contributed by atoms with Gasteiger partial charge in [0.2, 0.25) is 0 Å². The summed E-state index contributed by atoms with van der Waals surface area (Å²) in [6, 6.07) is 0. The fourth-order valence-electron chi connectivity index (χ4n) is 9.13. The third-order valence-electron chi connectivity index (χ3n) is 10.0. The number of fused-ring (bicyclic) bond motifs is 2. The predicted molar refractivity (Wildman–Crippen MR) is 108 cm³/mol. The molecule has 6 bridgehead atoms. The Balaban J connectivity index is 1.28. The molecule has 0 aliphatic heterocycles. The Morgan fingerprint density at radius 3 is 2.19 bits per heavy atom. The second-order valence-electron chi connectivity index (χ2n) is 12.0. The number of carbonyl (C=O) groups is 1. The van der Waals surface area contributed by atoms with Crippen molar-refractivity contribution in [3.8, 4) is 0 Å². The molecule has 0 heterocycles. The third-order valence-corrected chi connectivity index (χ3v) is 10.0. The molecule has 0 saturated heterocycles. The quantitative estimate of drug-likeness (QED) is 0.539. The van der Waals surface area contributed by atoms with Crippen LogP contribution in [0.15, 0.2) is 0 Å². The zero-order valence-electron chi connectivity index (χ0n) is 18.1. The maximum Gasteiger partial charge on any atom is 0.309 e. The Bertz CT molecular complexity index is 591. The molecule has 6 rings (SSSR count). The van der Waals surface area contributed by atoms with Gasteiger partial charge in [-0.1, -0.05) is 34.1 Å². The van der Waals surface area contributed by atoms with Crippen molar-refractivity contribution >= 4 is 5.97 Å². The molecule has 27 heavy (non-hydrogen) atoms. The minimum absolute atomic E-state index is 0.114. The van der Waals surface area contributed by atoms with Crippen molar-refractivity contribution < 1.29 is 9.53 Å². The first-order valence-corrected chi connectivity index (χ1v) is 12.0. The van der Waals surface area contributed by atoms with E-state index in [9.17, 15) is 4.79 Å². The van der Waals surface area contributed by atoms with Crippen LogP contribution in [0.5, 0.6) is 0 Å². The summed E-state index contributed by atoms with van der Waals surface area (Å²) < 4.78 is 6.45. The van der Waals surface area contributed by atoms with Gasteiger partial charge in [-0.2, -0.15) is 0 Å². The molecule has 9 atom stereocenters. The van der Waals surface area contributed by atoms with Gasteiger partial charge in [-0.25, -0.2) is 0 Å². The van der Waals surface area contributed by atoms with Gasteiger partial charge in [0, 0.05) is 11.8 Å². The van der Waals surface area contributed by atoms with Gasteiger partial charge in [-0.15, -0.1) is 0 Å². The number of hydrogen-bond donors (Lipinski definition) is 0. The highest BCUT2D eigenvalue weighted by Gasteiger charge is 2.68. The molecule has 0 N–H and O–H groups in total. The molecule has 6 aliphatic rings. The number of rotatable bonds is 6. The smallest absolute Gasteiger partial charge is 0.309 e. The summed E-state index contributed by atoms with van der Waals surface area (Å²) in [6.07, 6.45) is 9.21. The van der Waals surface area contributed by atoms with E-state index in [-0.39, 0.29) is 17.5 Å². The molecule has 0 aromatic rings. The van der Waals surface area contributed by atoms with E-state index in [4.69, 9.17) is 4.74 Å². The Morgan fingerprint density at radius 2 is 1.63 bits per heavy atom. The molecule has 2 nitrogen and oxygen atoms in total. The van der Waals surface area contributed by atoms with Gasteiger partial charge in [0.1, 0.15) is 5.60 Å². The average Bonchev–Trinajstić information content (AvgIpc) is 3.39. The van der Waals surface area contributed by atoms with Gasteiger partial charge < -0.3 is 4.74 Å². The van der Waals surface area contributed by atoms with Crippen LogP contribution in [0.4, 0.5) is 0 Å². The molecular formula is C25H40O2. The Kier molecular flexibility index (Phi) is 4.27. The molecule has 6 fully saturated rings.